The van der Waals surface area contributed by atoms with Crippen molar-refractivity contribution in [3.8, 4) is 5.82 Å². The Hall–Kier alpha value is -3.98. The van der Waals surface area contributed by atoms with Crippen molar-refractivity contribution < 1.29 is 0 Å². The highest BCUT2D eigenvalue weighted by Gasteiger charge is 2.43. The zero-order valence-corrected chi connectivity index (χ0v) is 24.0. The van der Waals surface area contributed by atoms with Gasteiger partial charge in [-0.3, -0.25) is 4.79 Å². The molecule has 5 heterocycles. The van der Waals surface area contributed by atoms with Crippen LogP contribution in [0.15, 0.2) is 60.0 Å². The number of aryl methyl sites for hydroxylation is 1. The van der Waals surface area contributed by atoms with E-state index in [1.165, 1.54) is 43.6 Å². The van der Waals surface area contributed by atoms with Crippen LogP contribution in [0.3, 0.4) is 0 Å². The van der Waals surface area contributed by atoms with Crippen molar-refractivity contribution >= 4 is 28.4 Å². The Bertz CT molecular complexity index is 1650. The average Bonchev–Trinajstić information content (AvgIpc) is 3.24. The molecule has 3 aromatic heterocycles. The van der Waals surface area contributed by atoms with E-state index in [0.29, 0.717) is 40.7 Å². The minimum atomic E-state index is -0.153. The lowest BCUT2D eigenvalue weighted by molar-refractivity contribution is 0.00132. The van der Waals surface area contributed by atoms with Gasteiger partial charge in [0.2, 0.25) is 5.95 Å². The first-order valence-corrected chi connectivity index (χ1v) is 14.8. The summed E-state index contributed by atoms with van der Waals surface area (Å²) in [4.78, 5) is 32.6. The van der Waals surface area contributed by atoms with Crippen molar-refractivity contribution in [1.29, 1.82) is 0 Å². The number of hydrogen-bond donors (Lipinski definition) is 1. The first-order valence-electron chi connectivity index (χ1n) is 14.8. The van der Waals surface area contributed by atoms with Crippen molar-refractivity contribution in [1.82, 2.24) is 29.2 Å². The SMILES string of the molecule is C=CCn1c(=O)c2cnc(Nc3ccc(N4CCC5(CC4)CN(C)C5)cc3)nc2n1-c1ccc2c(n1)C(C)CCC2. The number of nitrogens with one attached hydrogen (secondary N) is 1. The van der Waals surface area contributed by atoms with E-state index in [4.69, 9.17) is 9.97 Å². The molecule has 3 aliphatic rings. The highest BCUT2D eigenvalue weighted by molar-refractivity contribution is 5.77. The molecule has 0 bridgehead atoms. The van der Waals surface area contributed by atoms with Gasteiger partial charge in [0.25, 0.3) is 5.56 Å². The Labute approximate surface area is 240 Å². The van der Waals surface area contributed by atoms with Crippen molar-refractivity contribution in [2.45, 2.75) is 51.5 Å². The maximum absolute atomic E-state index is 13.4. The Morgan fingerprint density at radius 1 is 1.10 bits per heavy atom. The number of pyridine rings is 1. The van der Waals surface area contributed by atoms with Crippen LogP contribution >= 0.6 is 0 Å². The molecule has 1 aromatic carbocycles. The van der Waals surface area contributed by atoms with Crippen LogP contribution in [0.1, 0.15) is 49.8 Å². The number of likely N-dealkylation sites (tertiary alicyclic amines) is 1. The second-order valence-corrected chi connectivity index (χ2v) is 12.3. The first kappa shape index (κ1) is 26.0. The number of benzene rings is 1. The molecule has 9 nitrogen and oxygen atoms in total. The fourth-order valence-corrected chi connectivity index (χ4v) is 7.13. The standard InChI is InChI=1S/C32H38N8O/c1-4-16-39-30(41)26-19-33-31(36-29(26)40(39)27-13-8-23-7-5-6-22(2)28(23)35-27)34-24-9-11-25(12-10-24)38-17-14-32(15-18-38)20-37(3)21-32/h4,8-13,19,22H,1,5-7,14-18,20-21H2,2-3H3,(H,33,34,36). The topological polar surface area (TPSA) is 84.1 Å². The number of piperidine rings is 1. The number of nitrogens with zero attached hydrogens (tertiary/aromatic N) is 7. The Balaban J connectivity index is 1.16. The summed E-state index contributed by atoms with van der Waals surface area (Å²) in [5.74, 6) is 1.52. The second-order valence-electron chi connectivity index (χ2n) is 12.3. The summed E-state index contributed by atoms with van der Waals surface area (Å²) >= 11 is 0. The largest absolute Gasteiger partial charge is 0.371 e. The highest BCUT2D eigenvalue weighted by atomic mass is 16.1. The van der Waals surface area contributed by atoms with E-state index in [9.17, 15) is 4.79 Å². The third-order valence-electron chi connectivity index (χ3n) is 9.27. The van der Waals surface area contributed by atoms with E-state index >= 15 is 0 Å². The summed E-state index contributed by atoms with van der Waals surface area (Å²) in [5.41, 5.74) is 5.48. The van der Waals surface area contributed by atoms with Gasteiger partial charge in [-0.1, -0.05) is 19.1 Å². The molecule has 212 valence electrons. The molecular formula is C32H38N8O. The summed E-state index contributed by atoms with van der Waals surface area (Å²) in [6.07, 6.45) is 9.21. The molecular weight excluding hydrogens is 512 g/mol. The Kier molecular flexibility index (Phi) is 6.42. The van der Waals surface area contributed by atoms with E-state index in [1.54, 1.807) is 17.0 Å². The van der Waals surface area contributed by atoms with Gasteiger partial charge in [-0.05, 0) is 86.4 Å². The fourth-order valence-electron chi connectivity index (χ4n) is 7.13. The van der Waals surface area contributed by atoms with Crippen LogP contribution in [-0.4, -0.2) is 62.4 Å². The van der Waals surface area contributed by atoms with Crippen LogP contribution in [0.5, 0.6) is 0 Å². The van der Waals surface area contributed by atoms with E-state index in [0.717, 1.165) is 37.3 Å². The van der Waals surface area contributed by atoms with Gasteiger partial charge in [-0.25, -0.2) is 19.3 Å². The molecule has 1 aliphatic carbocycles. The van der Waals surface area contributed by atoms with E-state index in [2.05, 4.69) is 71.0 Å². The fraction of sp³-hybridized carbons (Fsp3) is 0.438. The van der Waals surface area contributed by atoms with Crippen molar-refractivity contribution in [3.63, 3.8) is 0 Å². The van der Waals surface area contributed by atoms with Crippen LogP contribution in [0, 0.1) is 5.41 Å². The van der Waals surface area contributed by atoms with Gasteiger partial charge < -0.3 is 15.1 Å². The van der Waals surface area contributed by atoms with Crippen LogP contribution in [-0.2, 0) is 13.0 Å². The molecule has 4 aromatic rings. The van der Waals surface area contributed by atoms with Gasteiger partial charge in [0, 0.05) is 49.4 Å². The molecule has 41 heavy (non-hydrogen) atoms. The third-order valence-corrected chi connectivity index (χ3v) is 9.27. The van der Waals surface area contributed by atoms with Gasteiger partial charge in [0.1, 0.15) is 5.39 Å². The molecule has 0 saturated carbocycles. The quantitative estimate of drug-likeness (QED) is 0.343. The number of rotatable bonds is 6. The van der Waals surface area contributed by atoms with E-state index in [-0.39, 0.29) is 5.56 Å². The second kappa shape index (κ2) is 10.1. The van der Waals surface area contributed by atoms with Gasteiger partial charge in [0.05, 0.1) is 6.54 Å². The zero-order chi connectivity index (χ0) is 28.1. The molecule has 1 atom stereocenters. The summed E-state index contributed by atoms with van der Waals surface area (Å²) in [7, 11) is 2.21. The number of hydrogen-bond acceptors (Lipinski definition) is 7. The number of fused-ring (bicyclic) bond motifs is 2. The minimum absolute atomic E-state index is 0.153. The Morgan fingerprint density at radius 2 is 1.88 bits per heavy atom. The van der Waals surface area contributed by atoms with Crippen LogP contribution in [0.4, 0.5) is 17.3 Å². The molecule has 0 amide bonds. The lowest BCUT2D eigenvalue weighted by Crippen LogP contribution is -2.58. The van der Waals surface area contributed by atoms with Gasteiger partial charge >= 0.3 is 0 Å². The molecule has 1 spiro atoms. The molecule has 2 saturated heterocycles. The van der Waals surface area contributed by atoms with Gasteiger partial charge in [-0.2, -0.15) is 4.98 Å². The van der Waals surface area contributed by atoms with E-state index < -0.39 is 0 Å². The first-order chi connectivity index (χ1) is 19.9. The smallest absolute Gasteiger partial charge is 0.278 e. The van der Waals surface area contributed by atoms with E-state index in [1.807, 2.05) is 10.7 Å². The molecule has 1 N–H and O–H groups in total. The summed E-state index contributed by atoms with van der Waals surface area (Å²) in [5, 5.41) is 3.81. The number of anilines is 3. The van der Waals surface area contributed by atoms with Crippen LogP contribution in [0.25, 0.3) is 16.9 Å². The summed E-state index contributed by atoms with van der Waals surface area (Å²) in [6.45, 7) is 11.1. The molecule has 1 unspecified atom stereocenters. The van der Waals surface area contributed by atoms with Crippen molar-refractivity contribution in [3.05, 3.63) is 76.9 Å². The van der Waals surface area contributed by atoms with Gasteiger partial charge in [0.15, 0.2) is 11.5 Å². The monoisotopic (exact) mass is 550 g/mol. The molecule has 9 heteroatoms. The van der Waals surface area contributed by atoms with Crippen LogP contribution in [0.2, 0.25) is 0 Å². The maximum atomic E-state index is 13.4. The zero-order valence-electron chi connectivity index (χ0n) is 24.0. The van der Waals surface area contributed by atoms with Crippen LogP contribution < -0.4 is 15.8 Å². The minimum Gasteiger partial charge on any atom is -0.371 e. The lowest BCUT2D eigenvalue weighted by atomic mass is 9.72. The Morgan fingerprint density at radius 3 is 2.61 bits per heavy atom. The number of aromatic nitrogens is 5. The summed E-state index contributed by atoms with van der Waals surface area (Å²) < 4.78 is 3.46. The predicted octanol–water partition coefficient (Wildman–Crippen LogP) is 4.88. The van der Waals surface area contributed by atoms with Crippen molar-refractivity contribution in [2.75, 3.05) is 43.4 Å². The molecule has 0 radical (unpaired) electrons. The normalized spacial score (nSPS) is 20.1. The average molecular weight is 551 g/mol. The maximum Gasteiger partial charge on any atom is 0.278 e. The third kappa shape index (κ3) is 4.62. The highest BCUT2D eigenvalue weighted by Crippen LogP contribution is 2.40. The number of allylic oxidation sites excluding steroid dienone is 1. The molecule has 2 fully saturated rings. The van der Waals surface area contributed by atoms with Gasteiger partial charge in [-0.15, -0.1) is 6.58 Å². The molecule has 7 rings (SSSR count). The summed E-state index contributed by atoms with van der Waals surface area (Å²) in [6, 6.07) is 12.6. The lowest BCUT2D eigenvalue weighted by Gasteiger charge is -2.53. The predicted molar refractivity (Wildman–Crippen MR) is 164 cm³/mol. The van der Waals surface area contributed by atoms with Crippen molar-refractivity contribution in [2.24, 2.45) is 5.41 Å². The molecule has 2 aliphatic heterocycles.